The molecule has 0 heterocycles. The van der Waals surface area contributed by atoms with Crippen molar-refractivity contribution in [3.05, 3.63) is 73.2 Å². The number of rotatable bonds is 7. The Kier molecular flexibility index (Phi) is 6.34. The Balaban J connectivity index is 2.87. The second-order valence-corrected chi connectivity index (χ2v) is 4.95. The van der Waals surface area contributed by atoms with Gasteiger partial charge in [-0.25, -0.2) is 0 Å². The second kappa shape index (κ2) is 8.00. The molecule has 0 fully saturated rings. The molecule has 0 amide bonds. The van der Waals surface area contributed by atoms with Gasteiger partial charge in [-0.05, 0) is 48.6 Å². The molecule has 1 aromatic carbocycles. The molecule has 0 saturated carbocycles. The standard InChI is InChI=1S/C18H24N2O/c1-7-15(19(3)4)9-12-17(8-2)21-18-13-10-16(11-14-18)20(5)6/h7-14H,1-2H2,3-6H3/b15-9+,17-12+. The molecule has 0 bridgehead atoms. The van der Waals surface area contributed by atoms with Gasteiger partial charge in [-0.3, -0.25) is 0 Å². The van der Waals surface area contributed by atoms with Gasteiger partial charge < -0.3 is 14.5 Å². The first-order valence-electron chi connectivity index (χ1n) is 6.77. The van der Waals surface area contributed by atoms with Crippen LogP contribution in [-0.4, -0.2) is 33.1 Å². The van der Waals surface area contributed by atoms with E-state index in [4.69, 9.17) is 4.74 Å². The zero-order chi connectivity index (χ0) is 15.8. The average molecular weight is 284 g/mol. The quantitative estimate of drug-likeness (QED) is 0.559. The molecule has 0 aliphatic carbocycles. The van der Waals surface area contributed by atoms with Crippen LogP contribution in [0.3, 0.4) is 0 Å². The summed E-state index contributed by atoms with van der Waals surface area (Å²) in [7, 11) is 7.95. The van der Waals surface area contributed by atoms with Crippen molar-refractivity contribution in [3.63, 3.8) is 0 Å². The fraction of sp³-hybridized carbons (Fsp3) is 0.222. The maximum absolute atomic E-state index is 5.80. The average Bonchev–Trinajstić information content (AvgIpc) is 2.46. The summed E-state index contributed by atoms with van der Waals surface area (Å²) in [6.45, 7) is 7.57. The highest BCUT2D eigenvalue weighted by Gasteiger charge is 1.99. The number of allylic oxidation sites excluding steroid dienone is 4. The van der Waals surface area contributed by atoms with Crippen molar-refractivity contribution in [3.8, 4) is 5.75 Å². The number of hydrogen-bond acceptors (Lipinski definition) is 3. The van der Waals surface area contributed by atoms with Gasteiger partial charge in [0.1, 0.15) is 11.5 Å². The summed E-state index contributed by atoms with van der Waals surface area (Å²) in [4.78, 5) is 4.03. The lowest BCUT2D eigenvalue weighted by Gasteiger charge is -2.14. The van der Waals surface area contributed by atoms with Crippen molar-refractivity contribution < 1.29 is 4.74 Å². The normalized spacial score (nSPS) is 11.8. The van der Waals surface area contributed by atoms with Crippen LogP contribution in [0.1, 0.15) is 0 Å². The minimum Gasteiger partial charge on any atom is -0.457 e. The van der Waals surface area contributed by atoms with Gasteiger partial charge in [0.05, 0.1) is 0 Å². The number of likely N-dealkylation sites (N-methyl/N-ethyl adjacent to an activating group) is 1. The SMILES string of the molecule is C=C/C(=C\C=C(/C=C)N(C)C)Oc1ccc(N(C)C)cc1. The van der Waals surface area contributed by atoms with Crippen molar-refractivity contribution >= 4 is 5.69 Å². The predicted molar refractivity (Wildman–Crippen MR) is 91.6 cm³/mol. The minimum absolute atomic E-state index is 0.689. The molecule has 1 aromatic rings. The molecule has 0 aliphatic rings. The fourth-order valence-corrected chi connectivity index (χ4v) is 1.66. The Morgan fingerprint density at radius 3 is 2.00 bits per heavy atom. The third-order valence-electron chi connectivity index (χ3n) is 2.93. The van der Waals surface area contributed by atoms with E-state index in [2.05, 4.69) is 13.2 Å². The molecule has 0 N–H and O–H groups in total. The van der Waals surface area contributed by atoms with Crippen molar-refractivity contribution in [1.82, 2.24) is 4.90 Å². The first-order chi connectivity index (χ1) is 9.97. The van der Waals surface area contributed by atoms with E-state index < -0.39 is 0 Å². The van der Waals surface area contributed by atoms with Crippen molar-refractivity contribution in [2.45, 2.75) is 0 Å². The van der Waals surface area contributed by atoms with Crippen LogP contribution in [0, 0.1) is 0 Å². The van der Waals surface area contributed by atoms with Crippen LogP contribution in [0.4, 0.5) is 5.69 Å². The molecule has 112 valence electrons. The number of nitrogens with zero attached hydrogens (tertiary/aromatic N) is 2. The molecular formula is C18H24N2O. The van der Waals surface area contributed by atoms with E-state index in [9.17, 15) is 0 Å². The summed E-state index contributed by atoms with van der Waals surface area (Å²) in [6.07, 6.45) is 7.30. The molecule has 1 rings (SSSR count). The van der Waals surface area contributed by atoms with Crippen LogP contribution in [0.2, 0.25) is 0 Å². The maximum atomic E-state index is 5.80. The Hall–Kier alpha value is -2.42. The second-order valence-electron chi connectivity index (χ2n) is 4.95. The molecule has 0 radical (unpaired) electrons. The zero-order valence-electron chi connectivity index (χ0n) is 13.3. The molecule has 0 unspecified atom stereocenters. The molecule has 3 heteroatoms. The zero-order valence-corrected chi connectivity index (χ0v) is 13.3. The summed E-state index contributed by atoms with van der Waals surface area (Å²) in [5.41, 5.74) is 2.13. The lowest BCUT2D eigenvalue weighted by Crippen LogP contribution is -2.08. The molecule has 0 atom stereocenters. The molecule has 3 nitrogen and oxygen atoms in total. The van der Waals surface area contributed by atoms with E-state index in [0.717, 1.165) is 17.1 Å². The molecule has 0 aliphatic heterocycles. The third-order valence-corrected chi connectivity index (χ3v) is 2.93. The highest BCUT2D eigenvalue weighted by Crippen LogP contribution is 2.19. The van der Waals surface area contributed by atoms with E-state index >= 15 is 0 Å². The van der Waals surface area contributed by atoms with E-state index in [0.29, 0.717) is 5.76 Å². The Bertz CT molecular complexity index is 537. The van der Waals surface area contributed by atoms with Crippen molar-refractivity contribution in [2.24, 2.45) is 0 Å². The smallest absolute Gasteiger partial charge is 0.127 e. The molecule has 0 spiro atoms. The van der Waals surface area contributed by atoms with Gasteiger partial charge in [-0.2, -0.15) is 0 Å². The summed E-state index contributed by atoms with van der Waals surface area (Å²) in [5.74, 6) is 1.47. The van der Waals surface area contributed by atoms with Gasteiger partial charge in [-0.1, -0.05) is 13.2 Å². The van der Waals surface area contributed by atoms with Crippen LogP contribution >= 0.6 is 0 Å². The summed E-state index contributed by atoms with van der Waals surface area (Å²) >= 11 is 0. The summed E-state index contributed by atoms with van der Waals surface area (Å²) in [6, 6.07) is 7.91. The van der Waals surface area contributed by atoms with E-state index in [1.807, 2.05) is 74.4 Å². The number of hydrogen-bond donors (Lipinski definition) is 0. The van der Waals surface area contributed by atoms with Crippen LogP contribution in [0.15, 0.2) is 73.2 Å². The van der Waals surface area contributed by atoms with Crippen LogP contribution in [-0.2, 0) is 0 Å². The van der Waals surface area contributed by atoms with E-state index in [1.54, 1.807) is 12.2 Å². The summed E-state index contributed by atoms with van der Waals surface area (Å²) < 4.78 is 5.80. The largest absolute Gasteiger partial charge is 0.457 e. The lowest BCUT2D eigenvalue weighted by atomic mass is 10.3. The summed E-state index contributed by atoms with van der Waals surface area (Å²) in [5, 5.41) is 0. The molecule has 21 heavy (non-hydrogen) atoms. The van der Waals surface area contributed by atoms with Crippen LogP contribution < -0.4 is 9.64 Å². The van der Waals surface area contributed by atoms with Crippen LogP contribution in [0.25, 0.3) is 0 Å². The Morgan fingerprint density at radius 2 is 1.57 bits per heavy atom. The maximum Gasteiger partial charge on any atom is 0.127 e. The van der Waals surface area contributed by atoms with Gasteiger partial charge in [0.15, 0.2) is 0 Å². The third kappa shape index (κ3) is 5.22. The predicted octanol–water partition coefficient (Wildman–Crippen LogP) is 3.83. The van der Waals surface area contributed by atoms with E-state index in [1.165, 1.54) is 0 Å². The van der Waals surface area contributed by atoms with Gasteiger partial charge in [0.25, 0.3) is 0 Å². The number of ether oxygens (including phenoxy) is 1. The van der Waals surface area contributed by atoms with Crippen molar-refractivity contribution in [2.75, 3.05) is 33.1 Å². The molecule has 0 saturated heterocycles. The number of anilines is 1. The molecular weight excluding hydrogens is 260 g/mol. The Labute approximate surface area is 128 Å². The van der Waals surface area contributed by atoms with E-state index in [-0.39, 0.29) is 0 Å². The Morgan fingerprint density at radius 1 is 0.952 bits per heavy atom. The van der Waals surface area contributed by atoms with Crippen LogP contribution in [0.5, 0.6) is 5.75 Å². The molecule has 0 aromatic heterocycles. The first-order valence-corrected chi connectivity index (χ1v) is 6.77. The lowest BCUT2D eigenvalue weighted by molar-refractivity contribution is 0.444. The van der Waals surface area contributed by atoms with Crippen molar-refractivity contribution in [1.29, 1.82) is 0 Å². The number of benzene rings is 1. The fourth-order valence-electron chi connectivity index (χ4n) is 1.66. The first kappa shape index (κ1) is 16.6. The van der Waals surface area contributed by atoms with Gasteiger partial charge >= 0.3 is 0 Å². The highest BCUT2D eigenvalue weighted by molar-refractivity contribution is 5.48. The highest BCUT2D eigenvalue weighted by atomic mass is 16.5. The minimum atomic E-state index is 0.689. The topological polar surface area (TPSA) is 15.7 Å². The monoisotopic (exact) mass is 284 g/mol. The van der Waals surface area contributed by atoms with Gasteiger partial charge in [-0.15, -0.1) is 0 Å². The van der Waals surface area contributed by atoms with Gasteiger partial charge in [0, 0.05) is 39.6 Å². The van der Waals surface area contributed by atoms with Gasteiger partial charge in [0.2, 0.25) is 0 Å².